The van der Waals surface area contributed by atoms with Crippen molar-refractivity contribution in [2.24, 2.45) is 0 Å². The van der Waals surface area contributed by atoms with E-state index in [-0.39, 0.29) is 12.7 Å². The van der Waals surface area contributed by atoms with E-state index in [2.05, 4.69) is 29.7 Å². The Morgan fingerprint density at radius 3 is 2.57 bits per heavy atom. The Kier molecular flexibility index (Phi) is 4.66. The van der Waals surface area contributed by atoms with Crippen molar-refractivity contribution in [2.75, 3.05) is 24.0 Å². The van der Waals surface area contributed by atoms with Gasteiger partial charge in [-0.2, -0.15) is 0 Å². The third kappa shape index (κ3) is 3.94. The molecule has 1 aliphatic heterocycles. The van der Waals surface area contributed by atoms with Crippen molar-refractivity contribution in [3.63, 3.8) is 0 Å². The normalized spacial score (nSPS) is 12.0. The quantitative estimate of drug-likeness (QED) is 0.858. The standard InChI is InChI=1S/C18H20N2O3/c1-2-13-3-5-14(6-4-13)19-10-9-18(21)20-15-7-8-16-17(11-15)23-12-22-16/h3-8,11,19H,2,9-10,12H2,1H3,(H,20,21). The second kappa shape index (κ2) is 7.05. The van der Waals surface area contributed by atoms with Crippen molar-refractivity contribution in [3.05, 3.63) is 48.0 Å². The van der Waals surface area contributed by atoms with Crippen molar-refractivity contribution < 1.29 is 14.3 Å². The molecule has 5 nitrogen and oxygen atoms in total. The number of benzene rings is 2. The molecule has 0 unspecified atom stereocenters. The molecule has 2 aromatic carbocycles. The number of fused-ring (bicyclic) bond motifs is 1. The van der Waals surface area contributed by atoms with Crippen LogP contribution in [0.4, 0.5) is 11.4 Å². The summed E-state index contributed by atoms with van der Waals surface area (Å²) in [4.78, 5) is 12.0. The molecule has 1 aliphatic rings. The molecule has 0 saturated carbocycles. The van der Waals surface area contributed by atoms with Crippen LogP contribution in [0, 0.1) is 0 Å². The van der Waals surface area contributed by atoms with Crippen LogP contribution in [0.15, 0.2) is 42.5 Å². The molecule has 0 aliphatic carbocycles. The second-order valence-corrected chi connectivity index (χ2v) is 5.34. The molecule has 3 rings (SSSR count). The number of hydrogen-bond acceptors (Lipinski definition) is 4. The number of carbonyl (C=O) groups is 1. The molecule has 0 aromatic heterocycles. The topological polar surface area (TPSA) is 59.6 Å². The molecule has 1 amide bonds. The zero-order valence-corrected chi connectivity index (χ0v) is 13.1. The van der Waals surface area contributed by atoms with Crippen LogP contribution < -0.4 is 20.1 Å². The van der Waals surface area contributed by atoms with Crippen LogP contribution in [-0.4, -0.2) is 19.2 Å². The van der Waals surface area contributed by atoms with Gasteiger partial charge in [-0.25, -0.2) is 0 Å². The Hall–Kier alpha value is -2.69. The van der Waals surface area contributed by atoms with Gasteiger partial charge in [-0.15, -0.1) is 0 Å². The largest absolute Gasteiger partial charge is 0.454 e. The summed E-state index contributed by atoms with van der Waals surface area (Å²) in [5.74, 6) is 1.33. The Labute approximate surface area is 135 Å². The fourth-order valence-corrected chi connectivity index (χ4v) is 2.38. The first-order valence-electron chi connectivity index (χ1n) is 7.77. The van der Waals surface area contributed by atoms with Crippen LogP contribution in [-0.2, 0) is 11.2 Å². The molecule has 1 heterocycles. The number of rotatable bonds is 6. The molecule has 0 spiro atoms. The molecule has 2 N–H and O–H groups in total. The SMILES string of the molecule is CCc1ccc(NCCC(=O)Nc2ccc3c(c2)OCO3)cc1. The van der Waals surface area contributed by atoms with Crippen LogP contribution in [0.2, 0.25) is 0 Å². The van der Waals surface area contributed by atoms with Crippen LogP contribution in [0.1, 0.15) is 18.9 Å². The third-order valence-corrected chi connectivity index (χ3v) is 3.70. The Morgan fingerprint density at radius 2 is 1.78 bits per heavy atom. The number of nitrogens with one attached hydrogen (secondary N) is 2. The maximum Gasteiger partial charge on any atom is 0.231 e. The predicted octanol–water partition coefficient (Wildman–Crippen LogP) is 3.42. The number of ether oxygens (including phenoxy) is 2. The zero-order valence-electron chi connectivity index (χ0n) is 13.1. The minimum absolute atomic E-state index is 0.0402. The lowest BCUT2D eigenvalue weighted by Gasteiger charge is -2.08. The zero-order chi connectivity index (χ0) is 16.1. The number of aryl methyl sites for hydroxylation is 1. The van der Waals surface area contributed by atoms with E-state index in [0.29, 0.717) is 30.2 Å². The monoisotopic (exact) mass is 312 g/mol. The molecule has 5 heteroatoms. The van der Waals surface area contributed by atoms with E-state index < -0.39 is 0 Å². The van der Waals surface area contributed by atoms with Gasteiger partial charge in [0.15, 0.2) is 11.5 Å². The summed E-state index contributed by atoms with van der Waals surface area (Å²) in [6.45, 7) is 2.94. The summed E-state index contributed by atoms with van der Waals surface area (Å²) < 4.78 is 10.5. The van der Waals surface area contributed by atoms with Crippen molar-refractivity contribution in [1.82, 2.24) is 0 Å². The molecule has 23 heavy (non-hydrogen) atoms. The van der Waals surface area contributed by atoms with Crippen molar-refractivity contribution in [1.29, 1.82) is 0 Å². The minimum Gasteiger partial charge on any atom is -0.454 e. The number of carbonyl (C=O) groups excluding carboxylic acids is 1. The smallest absolute Gasteiger partial charge is 0.231 e. The van der Waals surface area contributed by atoms with Gasteiger partial charge < -0.3 is 20.1 Å². The van der Waals surface area contributed by atoms with Crippen LogP contribution >= 0.6 is 0 Å². The van der Waals surface area contributed by atoms with Gasteiger partial charge in [-0.3, -0.25) is 4.79 Å². The first-order chi connectivity index (χ1) is 11.2. The highest BCUT2D eigenvalue weighted by Crippen LogP contribution is 2.34. The summed E-state index contributed by atoms with van der Waals surface area (Å²) in [5, 5.41) is 6.11. The lowest BCUT2D eigenvalue weighted by atomic mass is 10.1. The van der Waals surface area contributed by atoms with Gasteiger partial charge in [0.2, 0.25) is 12.7 Å². The lowest BCUT2D eigenvalue weighted by Crippen LogP contribution is -2.16. The van der Waals surface area contributed by atoms with Gasteiger partial charge in [-0.05, 0) is 36.2 Å². The highest BCUT2D eigenvalue weighted by molar-refractivity contribution is 5.91. The molecule has 0 atom stereocenters. The Bertz CT molecular complexity index is 683. The van der Waals surface area contributed by atoms with Gasteiger partial charge in [-0.1, -0.05) is 19.1 Å². The third-order valence-electron chi connectivity index (χ3n) is 3.70. The lowest BCUT2D eigenvalue weighted by molar-refractivity contribution is -0.115. The summed E-state index contributed by atoms with van der Waals surface area (Å²) in [5.41, 5.74) is 3.04. The highest BCUT2D eigenvalue weighted by atomic mass is 16.7. The van der Waals surface area contributed by atoms with Gasteiger partial charge in [0.25, 0.3) is 0 Å². The fourth-order valence-electron chi connectivity index (χ4n) is 2.38. The van der Waals surface area contributed by atoms with Crippen LogP contribution in [0.5, 0.6) is 11.5 Å². The first-order valence-corrected chi connectivity index (χ1v) is 7.77. The maximum absolute atomic E-state index is 12.0. The molecule has 0 radical (unpaired) electrons. The van der Waals surface area contributed by atoms with Crippen molar-refractivity contribution in [3.8, 4) is 11.5 Å². The van der Waals surface area contributed by atoms with E-state index in [0.717, 1.165) is 12.1 Å². The molecule has 0 saturated heterocycles. The van der Waals surface area contributed by atoms with Crippen molar-refractivity contribution >= 4 is 17.3 Å². The number of anilines is 2. The van der Waals surface area contributed by atoms with Crippen LogP contribution in [0.25, 0.3) is 0 Å². The maximum atomic E-state index is 12.0. The molecule has 120 valence electrons. The summed E-state index contributed by atoms with van der Waals surface area (Å²) in [6.07, 6.45) is 1.42. The van der Waals surface area contributed by atoms with E-state index in [9.17, 15) is 4.79 Å². The number of amides is 1. The molecule has 2 aromatic rings. The molecule has 0 bridgehead atoms. The molecular weight excluding hydrogens is 292 g/mol. The minimum atomic E-state index is -0.0402. The van der Waals surface area contributed by atoms with Gasteiger partial charge in [0.05, 0.1) is 0 Å². The van der Waals surface area contributed by atoms with E-state index >= 15 is 0 Å². The average molecular weight is 312 g/mol. The van der Waals surface area contributed by atoms with E-state index in [4.69, 9.17) is 9.47 Å². The van der Waals surface area contributed by atoms with Crippen LogP contribution in [0.3, 0.4) is 0 Å². The Balaban J connectivity index is 1.46. The second-order valence-electron chi connectivity index (χ2n) is 5.34. The Morgan fingerprint density at radius 1 is 1.04 bits per heavy atom. The molecular formula is C18H20N2O3. The predicted molar refractivity (Wildman–Crippen MR) is 90.1 cm³/mol. The van der Waals surface area contributed by atoms with Gasteiger partial charge >= 0.3 is 0 Å². The molecule has 0 fully saturated rings. The summed E-state index contributed by atoms with van der Waals surface area (Å²) in [6, 6.07) is 13.6. The number of hydrogen-bond donors (Lipinski definition) is 2. The van der Waals surface area contributed by atoms with E-state index in [1.54, 1.807) is 12.1 Å². The average Bonchev–Trinajstić information content (AvgIpc) is 3.03. The fraction of sp³-hybridized carbons (Fsp3) is 0.278. The summed E-state index contributed by atoms with van der Waals surface area (Å²) >= 11 is 0. The van der Waals surface area contributed by atoms with Gasteiger partial charge in [0, 0.05) is 30.4 Å². The van der Waals surface area contributed by atoms with Crippen molar-refractivity contribution in [2.45, 2.75) is 19.8 Å². The summed E-state index contributed by atoms with van der Waals surface area (Å²) in [7, 11) is 0. The highest BCUT2D eigenvalue weighted by Gasteiger charge is 2.13. The van der Waals surface area contributed by atoms with Gasteiger partial charge in [0.1, 0.15) is 0 Å². The van der Waals surface area contributed by atoms with E-state index in [1.165, 1.54) is 5.56 Å². The first kappa shape index (κ1) is 15.2. The van der Waals surface area contributed by atoms with E-state index in [1.807, 2.05) is 18.2 Å².